The number of hydrogen-bond acceptors (Lipinski definition) is 7. The van der Waals surface area contributed by atoms with Crippen molar-refractivity contribution >= 4 is 17.0 Å². The zero-order chi connectivity index (χ0) is 19.8. The topological polar surface area (TPSA) is 120 Å². The predicted molar refractivity (Wildman–Crippen MR) is 107 cm³/mol. The Kier molecular flexibility index (Phi) is 7.18. The number of H-pyrrole nitrogens is 1. The summed E-state index contributed by atoms with van der Waals surface area (Å²) in [5.74, 6) is 0.191. The van der Waals surface area contributed by atoms with E-state index in [1.54, 1.807) is 0 Å². The zero-order valence-electron chi connectivity index (χ0n) is 15.8. The fraction of sp³-hybridized carbons (Fsp3) is 0.389. The Morgan fingerprint density at radius 2 is 2.04 bits per heavy atom. The highest BCUT2D eigenvalue weighted by atomic mass is 32.2. The largest absolute Gasteiger partial charge is 0.548 e. The maximum atomic E-state index is 11.1. The lowest BCUT2D eigenvalue weighted by Gasteiger charge is -2.15. The van der Waals surface area contributed by atoms with E-state index in [9.17, 15) is 4.55 Å². The van der Waals surface area contributed by atoms with Gasteiger partial charge in [0.15, 0.2) is 11.1 Å². The molecule has 150 valence electrons. The van der Waals surface area contributed by atoms with Crippen molar-refractivity contribution in [3.05, 3.63) is 59.3 Å². The number of nitrogen functional groups attached to an aromatic ring is 1. The molecule has 3 rings (SSSR count). The van der Waals surface area contributed by atoms with Gasteiger partial charge in [-0.1, -0.05) is 30.3 Å². The average Bonchev–Trinajstić information content (AvgIpc) is 3.24. The van der Waals surface area contributed by atoms with Crippen LogP contribution < -0.4 is 16.1 Å². The van der Waals surface area contributed by atoms with Crippen molar-refractivity contribution < 1.29 is 9.39 Å². The molecule has 0 saturated carbocycles. The van der Waals surface area contributed by atoms with Crippen molar-refractivity contribution in [2.45, 2.75) is 25.9 Å². The Labute approximate surface area is 166 Å². The smallest absolute Gasteiger partial charge is 0.229 e. The molecular formula is C18H25N7O2S. The molecule has 1 atom stereocenters. The number of unbranched alkanes of at least 4 members (excludes halogenated alkanes) is 1. The van der Waals surface area contributed by atoms with E-state index in [2.05, 4.69) is 55.1 Å². The van der Waals surface area contributed by atoms with E-state index < -0.39 is 11.1 Å². The Morgan fingerprint density at radius 1 is 1.25 bits per heavy atom. The second-order valence-electron chi connectivity index (χ2n) is 6.51. The van der Waals surface area contributed by atoms with Crippen LogP contribution in [0.4, 0.5) is 5.82 Å². The summed E-state index contributed by atoms with van der Waals surface area (Å²) in [7, 11) is 2.08. The summed E-state index contributed by atoms with van der Waals surface area (Å²) in [5.41, 5.74) is 8.37. The minimum Gasteiger partial charge on any atom is -0.548 e. The lowest BCUT2D eigenvalue weighted by Crippen LogP contribution is -2.17. The first kappa shape index (κ1) is 20.1. The van der Waals surface area contributed by atoms with Gasteiger partial charge in [-0.05, 0) is 25.5 Å². The molecule has 0 aliphatic heterocycles. The molecule has 2 heterocycles. The van der Waals surface area contributed by atoms with Gasteiger partial charge in [0.05, 0.1) is 12.4 Å². The molecule has 0 bridgehead atoms. The van der Waals surface area contributed by atoms with Gasteiger partial charge in [-0.15, -0.1) is 14.3 Å². The number of hydrogen-bond donors (Lipinski definition) is 2. The third kappa shape index (κ3) is 6.19. The molecule has 0 aliphatic rings. The lowest BCUT2D eigenvalue weighted by molar-refractivity contribution is 0.0796. The van der Waals surface area contributed by atoms with E-state index >= 15 is 0 Å². The Bertz CT molecular complexity index is 919. The summed E-state index contributed by atoms with van der Waals surface area (Å²) in [5, 5.41) is 4.24. The summed E-state index contributed by atoms with van der Waals surface area (Å²) in [4.78, 5) is 13.6. The summed E-state index contributed by atoms with van der Waals surface area (Å²) in [6.07, 6.45) is 5.36. The van der Waals surface area contributed by atoms with E-state index in [4.69, 9.17) is 10.6 Å². The van der Waals surface area contributed by atoms with Gasteiger partial charge in [0, 0.05) is 29.6 Å². The van der Waals surface area contributed by atoms with E-state index in [0.29, 0.717) is 18.6 Å². The van der Waals surface area contributed by atoms with Gasteiger partial charge < -0.3 is 15.1 Å². The highest BCUT2D eigenvalue weighted by Gasteiger charge is 2.05. The molecule has 3 aromatic rings. The molecule has 1 aromatic carbocycles. The van der Waals surface area contributed by atoms with Crippen LogP contribution in [-0.2, 0) is 13.1 Å². The highest BCUT2D eigenvalue weighted by molar-refractivity contribution is 7.13. The first-order valence-corrected chi connectivity index (χ1v) is 10.2. The third-order valence-electron chi connectivity index (χ3n) is 4.02. The number of benzene rings is 1. The minimum atomic E-state index is -1.49. The summed E-state index contributed by atoms with van der Waals surface area (Å²) in [6, 6.07) is 10.4. The number of aromatic nitrogens is 4. The number of anilines is 1. The summed E-state index contributed by atoms with van der Waals surface area (Å²) in [6.45, 7) is 2.78. The van der Waals surface area contributed by atoms with Gasteiger partial charge in [-0.2, -0.15) is 0 Å². The molecule has 0 spiro atoms. The number of nitrogens with one attached hydrogen (secondary N) is 1. The van der Waals surface area contributed by atoms with Crippen LogP contribution >= 0.6 is 11.1 Å². The van der Waals surface area contributed by atoms with E-state index in [1.807, 2.05) is 18.5 Å². The first-order valence-electron chi connectivity index (χ1n) is 9.07. The number of nitrogens with zero attached hydrogens (tertiary/aromatic N) is 5. The quantitative estimate of drug-likeness (QED) is 0.389. The van der Waals surface area contributed by atoms with Crippen LogP contribution in [0.25, 0.3) is 0 Å². The van der Waals surface area contributed by atoms with Gasteiger partial charge in [-0.3, -0.25) is 9.89 Å². The minimum absolute atomic E-state index is 0.191. The second kappa shape index (κ2) is 10.0. The van der Waals surface area contributed by atoms with E-state index in [-0.39, 0.29) is 5.82 Å². The fourth-order valence-electron chi connectivity index (χ4n) is 2.72. The molecule has 0 saturated heterocycles. The van der Waals surface area contributed by atoms with Crippen LogP contribution in [0.5, 0.6) is 0 Å². The van der Waals surface area contributed by atoms with Crippen LogP contribution in [0, 0.1) is 0 Å². The molecule has 0 fully saturated rings. The van der Waals surface area contributed by atoms with Crippen molar-refractivity contribution in [3.63, 3.8) is 0 Å². The highest BCUT2D eigenvalue weighted by Crippen LogP contribution is 2.07. The van der Waals surface area contributed by atoms with Crippen LogP contribution in [0.15, 0.2) is 47.7 Å². The van der Waals surface area contributed by atoms with Crippen molar-refractivity contribution in [2.75, 3.05) is 25.9 Å². The van der Waals surface area contributed by atoms with Crippen LogP contribution in [0.3, 0.4) is 0 Å². The molecule has 2 aromatic heterocycles. The van der Waals surface area contributed by atoms with Gasteiger partial charge in [0.1, 0.15) is 6.61 Å². The van der Waals surface area contributed by atoms with Crippen LogP contribution in [0.1, 0.15) is 24.0 Å². The van der Waals surface area contributed by atoms with Crippen molar-refractivity contribution in [1.82, 2.24) is 23.6 Å². The van der Waals surface area contributed by atoms with Gasteiger partial charge in [-0.25, -0.2) is 0 Å². The molecule has 0 aliphatic carbocycles. The molecule has 0 radical (unpaired) electrons. The van der Waals surface area contributed by atoms with E-state index in [1.165, 1.54) is 10.4 Å². The lowest BCUT2D eigenvalue weighted by atomic mass is 10.2. The summed E-state index contributed by atoms with van der Waals surface area (Å²) >= 11 is -1.49. The van der Waals surface area contributed by atoms with Crippen LogP contribution in [-0.4, -0.2) is 48.3 Å². The Morgan fingerprint density at radius 3 is 2.79 bits per heavy atom. The monoisotopic (exact) mass is 403 g/mol. The van der Waals surface area contributed by atoms with Crippen molar-refractivity contribution in [3.8, 4) is 0 Å². The van der Waals surface area contributed by atoms with E-state index in [0.717, 1.165) is 31.5 Å². The van der Waals surface area contributed by atoms with Crippen LogP contribution in [0.2, 0.25) is 0 Å². The van der Waals surface area contributed by atoms with Crippen molar-refractivity contribution in [2.24, 2.45) is 4.99 Å². The number of rotatable bonds is 10. The number of nitrogens with two attached hydrogens (primary N) is 1. The molecule has 9 nitrogen and oxygen atoms in total. The summed E-state index contributed by atoms with van der Waals surface area (Å²) < 4.78 is 17.4. The average molecular weight is 404 g/mol. The zero-order valence-corrected chi connectivity index (χ0v) is 16.6. The molecule has 3 N–H and O–H groups in total. The normalized spacial score (nSPS) is 12.7. The molecule has 0 amide bonds. The predicted octanol–water partition coefficient (Wildman–Crippen LogP) is 1.36. The third-order valence-corrected chi connectivity index (χ3v) is 4.75. The Hall–Kier alpha value is -2.69. The second-order valence-corrected chi connectivity index (χ2v) is 7.39. The number of aromatic amines is 1. The molecule has 10 heteroatoms. The maximum absolute atomic E-state index is 11.1. The van der Waals surface area contributed by atoms with Gasteiger partial charge in [0.25, 0.3) is 0 Å². The fourth-order valence-corrected chi connectivity index (χ4v) is 3.37. The van der Waals surface area contributed by atoms with Gasteiger partial charge >= 0.3 is 0 Å². The maximum Gasteiger partial charge on any atom is 0.229 e. The molecule has 28 heavy (non-hydrogen) atoms. The molecular weight excluding hydrogens is 378 g/mol. The Balaban J connectivity index is 1.35. The standard InChI is InChI=1S/C18H25N7O2S/c1-24(12-15-7-3-2-4-8-15)13-16-11-21-25(14-16)27-10-6-5-9-20-18-17(19)22-28(26)23-18/h2-4,7-8,11,14H,5-6,9-10,12-13H2,1H3,(H2,19,22)(H,20,23). The molecule has 1 unspecified atom stereocenters. The SMILES string of the molecule is CN(Cc1ccccc1)Cc1cnn(OCCCCN=c2[nH][s+]([O-])nc2N)c1. The first-order chi connectivity index (χ1) is 13.6. The van der Waals surface area contributed by atoms with Gasteiger partial charge in [0.2, 0.25) is 11.3 Å². The van der Waals surface area contributed by atoms with Crippen molar-refractivity contribution in [1.29, 1.82) is 0 Å².